The van der Waals surface area contributed by atoms with Crippen LogP contribution in [0.25, 0.3) is 21.9 Å². The van der Waals surface area contributed by atoms with E-state index in [4.69, 9.17) is 13.9 Å². The van der Waals surface area contributed by atoms with E-state index in [1.807, 2.05) is 43.3 Å². The van der Waals surface area contributed by atoms with Crippen molar-refractivity contribution in [2.24, 2.45) is 0 Å². The van der Waals surface area contributed by atoms with Crippen LogP contribution in [0.5, 0.6) is 11.5 Å². The Labute approximate surface area is 219 Å². The zero-order valence-electron chi connectivity index (χ0n) is 20.7. The first-order chi connectivity index (χ1) is 18.3. The number of nitrogens with one attached hydrogen (secondary N) is 1. The predicted octanol–water partition coefficient (Wildman–Crippen LogP) is 5.50. The number of para-hydroxylation sites is 1. The maximum absolute atomic E-state index is 13.7. The second-order valence-electron chi connectivity index (χ2n) is 9.09. The van der Waals surface area contributed by atoms with Gasteiger partial charge in [-0.3, -0.25) is 9.10 Å². The molecule has 0 radical (unpaired) electrons. The van der Waals surface area contributed by atoms with E-state index in [9.17, 15) is 13.2 Å². The summed E-state index contributed by atoms with van der Waals surface area (Å²) in [4.78, 5) is 13.4. The summed E-state index contributed by atoms with van der Waals surface area (Å²) in [6, 6.07) is 24.5. The van der Waals surface area contributed by atoms with E-state index in [2.05, 4.69) is 5.32 Å². The smallest absolute Gasteiger partial charge is 0.267 e. The van der Waals surface area contributed by atoms with E-state index in [0.29, 0.717) is 28.5 Å². The number of amides is 1. The first kappa shape index (κ1) is 23.9. The van der Waals surface area contributed by atoms with Crippen molar-refractivity contribution in [2.45, 2.75) is 17.9 Å². The number of fused-ring (bicyclic) bond motifs is 4. The van der Waals surface area contributed by atoms with Gasteiger partial charge in [0, 0.05) is 22.5 Å². The molecule has 8 nitrogen and oxygen atoms in total. The van der Waals surface area contributed by atoms with Crippen LogP contribution in [0.2, 0.25) is 0 Å². The van der Waals surface area contributed by atoms with Crippen molar-refractivity contribution in [3.8, 4) is 11.5 Å². The van der Waals surface area contributed by atoms with Gasteiger partial charge < -0.3 is 19.2 Å². The lowest BCUT2D eigenvalue weighted by Gasteiger charge is -2.35. The maximum atomic E-state index is 13.7. The highest BCUT2D eigenvalue weighted by Crippen LogP contribution is 2.38. The molecule has 0 saturated carbocycles. The lowest BCUT2D eigenvalue weighted by Crippen LogP contribution is -2.48. The normalized spacial score (nSPS) is 15.2. The molecule has 1 atom stereocenters. The molecule has 0 saturated heterocycles. The molecule has 0 unspecified atom stereocenters. The number of hydrogen-bond donors (Lipinski definition) is 1. The van der Waals surface area contributed by atoms with E-state index in [-0.39, 0.29) is 11.4 Å². The Hall–Kier alpha value is -4.50. The third-order valence-electron chi connectivity index (χ3n) is 6.57. The minimum absolute atomic E-state index is 0.0845. The van der Waals surface area contributed by atoms with Crippen molar-refractivity contribution < 1.29 is 27.1 Å². The van der Waals surface area contributed by atoms with Crippen LogP contribution in [0.1, 0.15) is 5.56 Å². The van der Waals surface area contributed by atoms with Gasteiger partial charge in [0.05, 0.1) is 24.2 Å². The molecule has 1 N–H and O–H groups in total. The van der Waals surface area contributed by atoms with Crippen molar-refractivity contribution in [3.63, 3.8) is 0 Å². The molecule has 1 amide bonds. The largest absolute Gasteiger partial charge is 0.497 e. The molecule has 9 heteroatoms. The minimum atomic E-state index is -3.99. The topological polar surface area (TPSA) is 98.1 Å². The van der Waals surface area contributed by atoms with Gasteiger partial charge >= 0.3 is 0 Å². The van der Waals surface area contributed by atoms with E-state index in [0.717, 1.165) is 21.9 Å². The molecule has 5 aromatic rings. The fraction of sp³-hybridized carbons (Fsp3) is 0.138. The van der Waals surface area contributed by atoms with Gasteiger partial charge in [-0.15, -0.1) is 0 Å². The number of nitrogens with zero attached hydrogens (tertiary/aromatic N) is 1. The van der Waals surface area contributed by atoms with Gasteiger partial charge in [-0.05, 0) is 67.1 Å². The lowest BCUT2D eigenvalue weighted by atomic mass is 10.1. The molecule has 2 heterocycles. The quantitative estimate of drug-likeness (QED) is 0.324. The number of carbonyl (C=O) groups is 1. The lowest BCUT2D eigenvalue weighted by molar-refractivity contribution is -0.122. The highest BCUT2D eigenvalue weighted by Gasteiger charge is 2.37. The highest BCUT2D eigenvalue weighted by atomic mass is 32.2. The van der Waals surface area contributed by atoms with Gasteiger partial charge in [-0.2, -0.15) is 0 Å². The monoisotopic (exact) mass is 528 g/mol. The summed E-state index contributed by atoms with van der Waals surface area (Å²) >= 11 is 0. The fourth-order valence-corrected chi connectivity index (χ4v) is 6.10. The summed E-state index contributed by atoms with van der Waals surface area (Å²) in [6.45, 7) is 1.68. The van der Waals surface area contributed by atoms with Gasteiger partial charge in [0.1, 0.15) is 22.7 Å². The zero-order chi connectivity index (χ0) is 26.4. The average molecular weight is 529 g/mol. The summed E-state index contributed by atoms with van der Waals surface area (Å²) in [7, 11) is -2.48. The summed E-state index contributed by atoms with van der Waals surface area (Å²) in [5.41, 5.74) is 3.16. The molecule has 6 rings (SSSR count). The molecule has 0 bridgehead atoms. The molecule has 0 aliphatic carbocycles. The minimum Gasteiger partial charge on any atom is -0.497 e. The van der Waals surface area contributed by atoms with Crippen LogP contribution in [0, 0.1) is 6.92 Å². The van der Waals surface area contributed by atoms with E-state index in [1.54, 1.807) is 36.4 Å². The standard InChI is InChI=1S/C29H24N2O6S/c1-18-7-14-24-27(15-18)37-28(17-31(24)38(33,34)21-11-9-20(35-2)10-12-21)29(32)30-19-8-13-23-22-5-3-4-6-25(22)36-26(23)16-19/h3-16,28H,17H2,1-2H3,(H,30,32)/t28-/m0/s1. The Bertz CT molecular complexity index is 1790. The number of anilines is 2. The molecular formula is C29H24N2O6S. The molecule has 192 valence electrons. The molecule has 1 aliphatic rings. The van der Waals surface area contributed by atoms with Crippen LogP contribution >= 0.6 is 0 Å². The second-order valence-corrected chi connectivity index (χ2v) is 11.0. The average Bonchev–Trinajstić information content (AvgIpc) is 3.30. The van der Waals surface area contributed by atoms with E-state index in [1.165, 1.54) is 23.5 Å². The molecule has 0 spiro atoms. The number of sulfonamides is 1. The Morgan fingerprint density at radius 2 is 1.71 bits per heavy atom. The summed E-state index contributed by atoms with van der Waals surface area (Å²) < 4.78 is 45.7. The number of ether oxygens (including phenoxy) is 2. The zero-order valence-corrected chi connectivity index (χ0v) is 21.5. The predicted molar refractivity (Wildman–Crippen MR) is 145 cm³/mol. The third-order valence-corrected chi connectivity index (χ3v) is 8.36. The van der Waals surface area contributed by atoms with Gasteiger partial charge in [0.2, 0.25) is 0 Å². The van der Waals surface area contributed by atoms with E-state index < -0.39 is 22.0 Å². The fourth-order valence-electron chi connectivity index (χ4n) is 4.63. The number of hydrogen-bond acceptors (Lipinski definition) is 6. The van der Waals surface area contributed by atoms with Crippen molar-refractivity contribution in [2.75, 3.05) is 23.3 Å². The molecular weight excluding hydrogens is 504 g/mol. The Morgan fingerprint density at radius 1 is 0.947 bits per heavy atom. The Balaban J connectivity index is 1.31. The number of aryl methyl sites for hydroxylation is 1. The number of furan rings is 1. The summed E-state index contributed by atoms with van der Waals surface area (Å²) in [5.74, 6) is 0.393. The Morgan fingerprint density at radius 3 is 2.50 bits per heavy atom. The van der Waals surface area contributed by atoms with Crippen molar-refractivity contribution in [3.05, 3.63) is 90.5 Å². The van der Waals surface area contributed by atoms with Crippen LogP contribution in [-0.4, -0.2) is 34.1 Å². The molecule has 0 fully saturated rings. The summed E-state index contributed by atoms with van der Waals surface area (Å²) in [6.07, 6.45) is -1.08. The molecule has 38 heavy (non-hydrogen) atoms. The SMILES string of the molecule is COc1ccc(S(=O)(=O)N2C[C@@H](C(=O)Nc3ccc4c(c3)oc3ccccc34)Oc3cc(C)ccc32)cc1. The van der Waals surface area contributed by atoms with Crippen molar-refractivity contribution in [1.82, 2.24) is 0 Å². The summed E-state index contributed by atoms with van der Waals surface area (Å²) in [5, 5.41) is 4.79. The molecule has 1 aliphatic heterocycles. The number of rotatable bonds is 5. The number of benzene rings is 4. The Kier molecular flexibility index (Phi) is 5.72. The van der Waals surface area contributed by atoms with Gasteiger partial charge in [-0.25, -0.2) is 8.42 Å². The van der Waals surface area contributed by atoms with E-state index >= 15 is 0 Å². The van der Waals surface area contributed by atoms with Crippen LogP contribution in [0.15, 0.2) is 94.2 Å². The molecule has 1 aromatic heterocycles. The van der Waals surface area contributed by atoms with Gasteiger partial charge in [0.25, 0.3) is 15.9 Å². The van der Waals surface area contributed by atoms with Crippen LogP contribution in [-0.2, 0) is 14.8 Å². The van der Waals surface area contributed by atoms with Crippen LogP contribution in [0.4, 0.5) is 11.4 Å². The highest BCUT2D eigenvalue weighted by molar-refractivity contribution is 7.92. The first-order valence-corrected chi connectivity index (χ1v) is 13.4. The molecule has 4 aromatic carbocycles. The van der Waals surface area contributed by atoms with Crippen molar-refractivity contribution >= 4 is 49.2 Å². The van der Waals surface area contributed by atoms with Crippen LogP contribution in [0.3, 0.4) is 0 Å². The second kappa shape index (κ2) is 9.11. The van der Waals surface area contributed by atoms with Crippen molar-refractivity contribution in [1.29, 1.82) is 0 Å². The number of carbonyl (C=O) groups excluding carboxylic acids is 1. The van der Waals surface area contributed by atoms with Gasteiger partial charge in [-0.1, -0.05) is 24.3 Å². The number of methoxy groups -OCH3 is 1. The third kappa shape index (κ3) is 4.10. The van der Waals surface area contributed by atoms with Crippen LogP contribution < -0.4 is 19.1 Å². The van der Waals surface area contributed by atoms with Gasteiger partial charge in [0.15, 0.2) is 6.10 Å². The maximum Gasteiger partial charge on any atom is 0.267 e. The first-order valence-electron chi connectivity index (χ1n) is 12.0.